The molecule has 1 fully saturated rings. The highest BCUT2D eigenvalue weighted by atomic mass is 16.5. The van der Waals surface area contributed by atoms with Crippen LogP contribution in [-0.4, -0.2) is 31.6 Å². The third-order valence-corrected chi connectivity index (χ3v) is 3.39. The Kier molecular flexibility index (Phi) is 5.21. The zero-order chi connectivity index (χ0) is 13.5. The average Bonchev–Trinajstić information content (AvgIpc) is 2.98. The quantitative estimate of drug-likeness (QED) is 0.764. The second kappa shape index (κ2) is 7.14. The number of benzene rings is 1. The maximum Gasteiger partial charge on any atom is 0.237 e. The Labute approximate surface area is 114 Å². The van der Waals surface area contributed by atoms with Gasteiger partial charge in [0, 0.05) is 0 Å². The van der Waals surface area contributed by atoms with Crippen molar-refractivity contribution in [3.8, 4) is 5.75 Å². The first kappa shape index (κ1) is 13.9. The van der Waals surface area contributed by atoms with Crippen LogP contribution in [0.15, 0.2) is 24.3 Å². The van der Waals surface area contributed by atoms with Crippen molar-refractivity contribution in [2.75, 3.05) is 19.7 Å². The van der Waals surface area contributed by atoms with Gasteiger partial charge in [0.25, 0.3) is 0 Å². The summed E-state index contributed by atoms with van der Waals surface area (Å²) in [5.41, 5.74) is 1.20. The van der Waals surface area contributed by atoms with E-state index in [0.29, 0.717) is 13.2 Å². The van der Waals surface area contributed by atoms with Crippen LogP contribution in [0.2, 0.25) is 0 Å². The Morgan fingerprint density at radius 3 is 3.05 bits per heavy atom. The summed E-state index contributed by atoms with van der Waals surface area (Å²) in [6, 6.07) is 8.01. The molecule has 4 nitrogen and oxygen atoms in total. The highest BCUT2D eigenvalue weighted by Crippen LogP contribution is 2.17. The second-order valence-electron chi connectivity index (χ2n) is 4.75. The molecule has 4 heteroatoms. The standard InChI is InChI=1S/C15H22N2O2/c1-2-12-6-3-4-8-14(12)19-11-10-17-15(18)13-7-5-9-16-13/h3-4,6,8,13,16H,2,5,7,9-11H2,1H3,(H,17,18)/t13-/m0/s1. The van der Waals surface area contributed by atoms with E-state index < -0.39 is 0 Å². The van der Waals surface area contributed by atoms with E-state index in [-0.39, 0.29) is 11.9 Å². The minimum Gasteiger partial charge on any atom is -0.491 e. The minimum absolute atomic E-state index is 0.0112. The van der Waals surface area contributed by atoms with Crippen LogP contribution in [0.3, 0.4) is 0 Å². The molecule has 104 valence electrons. The Balaban J connectivity index is 1.70. The number of nitrogens with one attached hydrogen (secondary N) is 2. The van der Waals surface area contributed by atoms with Gasteiger partial charge in [-0.05, 0) is 37.4 Å². The summed E-state index contributed by atoms with van der Waals surface area (Å²) in [7, 11) is 0. The smallest absolute Gasteiger partial charge is 0.237 e. The fourth-order valence-electron chi connectivity index (χ4n) is 2.30. The third-order valence-electron chi connectivity index (χ3n) is 3.39. The van der Waals surface area contributed by atoms with Gasteiger partial charge in [0.2, 0.25) is 5.91 Å². The number of hydrogen-bond acceptors (Lipinski definition) is 3. The molecule has 19 heavy (non-hydrogen) atoms. The summed E-state index contributed by atoms with van der Waals surface area (Å²) in [5, 5.41) is 6.09. The van der Waals surface area contributed by atoms with Crippen molar-refractivity contribution in [3.63, 3.8) is 0 Å². The average molecular weight is 262 g/mol. The fraction of sp³-hybridized carbons (Fsp3) is 0.533. The molecule has 1 aliphatic heterocycles. The number of carbonyl (C=O) groups excluding carboxylic acids is 1. The van der Waals surface area contributed by atoms with Crippen molar-refractivity contribution in [2.24, 2.45) is 0 Å². The van der Waals surface area contributed by atoms with E-state index in [1.807, 2.05) is 18.2 Å². The Bertz CT molecular complexity index is 414. The molecule has 2 rings (SSSR count). The summed E-state index contributed by atoms with van der Waals surface area (Å²) in [6.07, 6.45) is 2.97. The van der Waals surface area contributed by atoms with Gasteiger partial charge >= 0.3 is 0 Å². The highest BCUT2D eigenvalue weighted by molar-refractivity contribution is 5.81. The highest BCUT2D eigenvalue weighted by Gasteiger charge is 2.21. The van der Waals surface area contributed by atoms with Crippen LogP contribution in [0.5, 0.6) is 5.75 Å². The molecule has 2 N–H and O–H groups in total. The lowest BCUT2D eigenvalue weighted by Gasteiger charge is -2.13. The first-order valence-electron chi connectivity index (χ1n) is 7.03. The largest absolute Gasteiger partial charge is 0.491 e. The molecular formula is C15H22N2O2. The van der Waals surface area contributed by atoms with Crippen LogP contribution >= 0.6 is 0 Å². The predicted molar refractivity (Wildman–Crippen MR) is 75.3 cm³/mol. The molecule has 0 bridgehead atoms. The van der Waals surface area contributed by atoms with Gasteiger partial charge in [-0.25, -0.2) is 0 Å². The molecule has 0 aliphatic carbocycles. The van der Waals surface area contributed by atoms with Crippen molar-refractivity contribution in [1.82, 2.24) is 10.6 Å². The van der Waals surface area contributed by atoms with E-state index in [2.05, 4.69) is 23.6 Å². The monoisotopic (exact) mass is 262 g/mol. The molecule has 1 aromatic rings. The molecule has 1 saturated heterocycles. The Morgan fingerprint density at radius 2 is 2.32 bits per heavy atom. The summed E-state index contributed by atoms with van der Waals surface area (Å²) in [4.78, 5) is 11.8. The number of aryl methyl sites for hydroxylation is 1. The molecule has 1 aromatic carbocycles. The summed E-state index contributed by atoms with van der Waals surface area (Å²) >= 11 is 0. The van der Waals surface area contributed by atoms with E-state index in [1.165, 1.54) is 5.56 Å². The number of hydrogen-bond donors (Lipinski definition) is 2. The van der Waals surface area contributed by atoms with Gasteiger partial charge in [0.1, 0.15) is 12.4 Å². The molecular weight excluding hydrogens is 240 g/mol. The number of rotatable bonds is 6. The molecule has 1 atom stereocenters. The summed E-state index contributed by atoms with van der Waals surface area (Å²) < 4.78 is 5.71. The first-order chi connectivity index (χ1) is 9.31. The van der Waals surface area contributed by atoms with Gasteiger partial charge in [0.05, 0.1) is 12.6 Å². The molecule has 1 heterocycles. The molecule has 0 aromatic heterocycles. The summed E-state index contributed by atoms with van der Waals surface area (Å²) in [5.74, 6) is 1.00. The van der Waals surface area contributed by atoms with Crippen LogP contribution in [0.1, 0.15) is 25.3 Å². The summed E-state index contributed by atoms with van der Waals surface area (Å²) in [6.45, 7) is 4.11. The zero-order valence-corrected chi connectivity index (χ0v) is 11.4. The van der Waals surface area contributed by atoms with Gasteiger partial charge in [-0.3, -0.25) is 4.79 Å². The van der Waals surface area contributed by atoms with Gasteiger partial charge < -0.3 is 15.4 Å². The van der Waals surface area contributed by atoms with Crippen LogP contribution in [0.25, 0.3) is 0 Å². The fourth-order valence-corrected chi connectivity index (χ4v) is 2.30. The number of amides is 1. The SMILES string of the molecule is CCc1ccccc1OCCNC(=O)[C@@H]1CCCN1. The van der Waals surface area contributed by atoms with Crippen molar-refractivity contribution < 1.29 is 9.53 Å². The molecule has 1 aliphatic rings. The number of ether oxygens (including phenoxy) is 1. The van der Waals surface area contributed by atoms with E-state index in [4.69, 9.17) is 4.74 Å². The van der Waals surface area contributed by atoms with Crippen molar-refractivity contribution >= 4 is 5.91 Å². The lowest BCUT2D eigenvalue weighted by Crippen LogP contribution is -2.41. The Hall–Kier alpha value is -1.55. The zero-order valence-electron chi connectivity index (χ0n) is 11.4. The lowest BCUT2D eigenvalue weighted by molar-refractivity contribution is -0.122. The second-order valence-corrected chi connectivity index (χ2v) is 4.75. The molecule has 0 radical (unpaired) electrons. The van der Waals surface area contributed by atoms with Crippen molar-refractivity contribution in [1.29, 1.82) is 0 Å². The van der Waals surface area contributed by atoms with Crippen LogP contribution in [-0.2, 0) is 11.2 Å². The predicted octanol–water partition coefficient (Wildman–Crippen LogP) is 1.50. The van der Waals surface area contributed by atoms with Gasteiger partial charge in [-0.1, -0.05) is 25.1 Å². The van der Waals surface area contributed by atoms with E-state index in [9.17, 15) is 4.79 Å². The molecule has 0 unspecified atom stereocenters. The van der Waals surface area contributed by atoms with E-state index in [0.717, 1.165) is 31.6 Å². The number of carbonyl (C=O) groups is 1. The minimum atomic E-state index is -0.0112. The number of para-hydroxylation sites is 1. The third kappa shape index (κ3) is 3.96. The maximum atomic E-state index is 11.8. The molecule has 0 spiro atoms. The molecule has 0 saturated carbocycles. The van der Waals surface area contributed by atoms with Crippen molar-refractivity contribution in [2.45, 2.75) is 32.2 Å². The van der Waals surface area contributed by atoms with Crippen LogP contribution in [0, 0.1) is 0 Å². The van der Waals surface area contributed by atoms with Crippen LogP contribution in [0.4, 0.5) is 0 Å². The Morgan fingerprint density at radius 1 is 1.47 bits per heavy atom. The van der Waals surface area contributed by atoms with Crippen molar-refractivity contribution in [3.05, 3.63) is 29.8 Å². The normalized spacial score (nSPS) is 18.3. The van der Waals surface area contributed by atoms with Gasteiger partial charge in [0.15, 0.2) is 0 Å². The molecule has 1 amide bonds. The van der Waals surface area contributed by atoms with Gasteiger partial charge in [-0.15, -0.1) is 0 Å². The lowest BCUT2D eigenvalue weighted by atomic mass is 10.1. The van der Waals surface area contributed by atoms with E-state index in [1.54, 1.807) is 0 Å². The first-order valence-corrected chi connectivity index (χ1v) is 7.03. The topological polar surface area (TPSA) is 50.4 Å². The van der Waals surface area contributed by atoms with E-state index >= 15 is 0 Å². The maximum absolute atomic E-state index is 11.8. The van der Waals surface area contributed by atoms with Gasteiger partial charge in [-0.2, -0.15) is 0 Å². The van der Waals surface area contributed by atoms with Crippen LogP contribution < -0.4 is 15.4 Å².